The summed E-state index contributed by atoms with van der Waals surface area (Å²) in [5.41, 5.74) is 1.53. The second-order valence-corrected chi connectivity index (χ2v) is 9.14. The fraction of sp³-hybridized carbons (Fsp3) is 0.200. The molecule has 0 aliphatic rings. The molecule has 3 aromatic rings. The van der Waals surface area contributed by atoms with E-state index in [-0.39, 0.29) is 23.8 Å². The minimum Gasteiger partial charge on any atom is -0.497 e. The molecule has 28 heavy (non-hydrogen) atoms. The van der Waals surface area contributed by atoms with Gasteiger partial charge in [0, 0.05) is 6.26 Å². The molecule has 0 aliphatic heterocycles. The highest BCUT2D eigenvalue weighted by atomic mass is 32.2. The first-order valence-electron chi connectivity index (χ1n) is 8.29. The van der Waals surface area contributed by atoms with E-state index < -0.39 is 9.84 Å². The molecule has 2 aromatic carbocycles. The van der Waals surface area contributed by atoms with Crippen molar-refractivity contribution >= 4 is 37.3 Å². The molecular weight excluding hydrogens is 396 g/mol. The number of hydrogen-bond acceptors (Lipinski definition) is 5. The van der Waals surface area contributed by atoms with Gasteiger partial charge in [0.2, 0.25) is 0 Å². The maximum absolute atomic E-state index is 12.5. The Kier molecular flexibility index (Phi) is 5.68. The van der Waals surface area contributed by atoms with Crippen LogP contribution in [0.1, 0.15) is 5.56 Å². The zero-order valence-corrected chi connectivity index (χ0v) is 17.0. The smallest absolute Gasteiger partial charge is 0.252 e. The fourth-order valence-electron chi connectivity index (χ4n) is 2.72. The van der Waals surface area contributed by atoms with Gasteiger partial charge in [-0.25, -0.2) is 8.42 Å². The van der Waals surface area contributed by atoms with Crippen molar-refractivity contribution < 1.29 is 17.9 Å². The highest BCUT2D eigenvalue weighted by molar-refractivity contribution is 7.90. The highest BCUT2D eigenvalue weighted by Crippen LogP contribution is 2.22. The first kappa shape index (κ1) is 19.9. The summed E-state index contributed by atoms with van der Waals surface area (Å²) in [6.07, 6.45) is 6.74. The van der Waals surface area contributed by atoms with E-state index in [1.165, 1.54) is 17.4 Å². The monoisotopic (exact) mass is 414 g/mol. The van der Waals surface area contributed by atoms with Gasteiger partial charge >= 0.3 is 0 Å². The largest absolute Gasteiger partial charge is 0.497 e. The van der Waals surface area contributed by atoms with Crippen LogP contribution in [-0.4, -0.2) is 32.3 Å². The molecule has 144 valence electrons. The van der Waals surface area contributed by atoms with Gasteiger partial charge in [-0.2, -0.15) is 4.99 Å². The Hall–Kier alpha value is -2.89. The van der Waals surface area contributed by atoms with Crippen LogP contribution in [0, 0.1) is 12.3 Å². The first-order valence-corrected chi connectivity index (χ1v) is 11.0. The molecule has 0 fully saturated rings. The number of carbonyl (C=O) groups is 1. The molecule has 0 radical (unpaired) electrons. The summed E-state index contributed by atoms with van der Waals surface area (Å²) in [6.45, 7) is 0.226. The number of ether oxygens (including phenoxy) is 1. The summed E-state index contributed by atoms with van der Waals surface area (Å²) in [6, 6.07) is 12.0. The highest BCUT2D eigenvalue weighted by Gasteiger charge is 2.13. The van der Waals surface area contributed by atoms with Crippen molar-refractivity contribution in [1.82, 2.24) is 4.57 Å². The Morgan fingerprint density at radius 3 is 2.75 bits per heavy atom. The predicted octanol–water partition coefficient (Wildman–Crippen LogP) is 2.42. The molecule has 8 heteroatoms. The third-order valence-corrected chi connectivity index (χ3v) is 6.19. The summed E-state index contributed by atoms with van der Waals surface area (Å²) >= 11 is 1.23. The maximum atomic E-state index is 12.5. The number of hydrogen-bond donors (Lipinski definition) is 0. The van der Waals surface area contributed by atoms with Crippen molar-refractivity contribution in [2.24, 2.45) is 4.99 Å². The molecule has 0 saturated heterocycles. The van der Waals surface area contributed by atoms with E-state index in [9.17, 15) is 13.2 Å². The number of methoxy groups -OCH3 is 1. The molecule has 0 atom stereocenters. The second kappa shape index (κ2) is 8.00. The molecule has 1 amide bonds. The van der Waals surface area contributed by atoms with Gasteiger partial charge in [0.05, 0.1) is 35.2 Å². The van der Waals surface area contributed by atoms with Crippen LogP contribution in [0.5, 0.6) is 5.75 Å². The predicted molar refractivity (Wildman–Crippen MR) is 109 cm³/mol. The van der Waals surface area contributed by atoms with E-state index in [2.05, 4.69) is 10.9 Å². The number of sulfone groups is 1. The topological polar surface area (TPSA) is 77.7 Å². The standard InChI is InChI=1S/C20H18N2O4S2/c1-4-10-22-17-9-8-16(28(3,24)25)13-18(17)27-20(22)21-19(23)12-14-6-5-7-15(11-14)26-2/h1,5-9,11,13H,10,12H2,2-3H3. The van der Waals surface area contributed by atoms with Crippen LogP contribution in [0.4, 0.5) is 0 Å². The van der Waals surface area contributed by atoms with E-state index in [1.54, 1.807) is 35.9 Å². The molecule has 1 aromatic heterocycles. The maximum Gasteiger partial charge on any atom is 0.252 e. The number of nitrogens with zero attached hydrogens (tertiary/aromatic N) is 2. The summed E-state index contributed by atoms with van der Waals surface area (Å²) < 4.78 is 31.2. The Morgan fingerprint density at radius 1 is 1.29 bits per heavy atom. The Morgan fingerprint density at radius 2 is 2.07 bits per heavy atom. The third kappa shape index (κ3) is 4.32. The van der Waals surface area contributed by atoms with Gasteiger partial charge in [-0.3, -0.25) is 4.79 Å². The summed E-state index contributed by atoms with van der Waals surface area (Å²) in [5.74, 6) is 2.89. The number of terminal acetylenes is 1. The lowest BCUT2D eigenvalue weighted by Crippen LogP contribution is -2.17. The van der Waals surface area contributed by atoms with E-state index in [0.29, 0.717) is 15.3 Å². The minimum absolute atomic E-state index is 0.121. The lowest BCUT2D eigenvalue weighted by atomic mass is 10.1. The molecule has 0 aliphatic carbocycles. The number of benzene rings is 2. The SMILES string of the molecule is C#CCn1c(=NC(=O)Cc2cccc(OC)c2)sc2cc(S(C)(=O)=O)ccc21. The summed E-state index contributed by atoms with van der Waals surface area (Å²) in [4.78, 5) is 17.3. The lowest BCUT2D eigenvalue weighted by Gasteiger charge is -2.02. The zero-order chi connectivity index (χ0) is 20.3. The quantitative estimate of drug-likeness (QED) is 0.601. The van der Waals surface area contributed by atoms with Gasteiger partial charge in [0.25, 0.3) is 5.91 Å². The fourth-order valence-corrected chi connectivity index (χ4v) is 4.52. The van der Waals surface area contributed by atoms with Crippen LogP contribution >= 0.6 is 11.3 Å². The Balaban J connectivity index is 2.03. The summed E-state index contributed by atoms with van der Waals surface area (Å²) in [7, 11) is -1.77. The van der Waals surface area contributed by atoms with E-state index in [0.717, 1.165) is 17.3 Å². The van der Waals surface area contributed by atoms with E-state index in [1.807, 2.05) is 12.1 Å². The Labute approximate surface area is 167 Å². The lowest BCUT2D eigenvalue weighted by molar-refractivity contribution is -0.117. The number of carbonyl (C=O) groups excluding carboxylic acids is 1. The molecule has 6 nitrogen and oxygen atoms in total. The molecule has 0 unspecified atom stereocenters. The second-order valence-electron chi connectivity index (χ2n) is 6.11. The molecule has 3 rings (SSSR count). The first-order chi connectivity index (χ1) is 13.3. The average Bonchev–Trinajstić information content (AvgIpc) is 2.98. The van der Waals surface area contributed by atoms with Gasteiger partial charge in [-0.15, -0.1) is 6.42 Å². The van der Waals surface area contributed by atoms with Crippen molar-refractivity contribution in [3.8, 4) is 18.1 Å². The van der Waals surface area contributed by atoms with E-state index in [4.69, 9.17) is 11.2 Å². The zero-order valence-electron chi connectivity index (χ0n) is 15.4. The van der Waals surface area contributed by atoms with Gasteiger partial charge in [-0.05, 0) is 35.9 Å². The number of thiazole rings is 1. The number of amides is 1. The Bertz CT molecular complexity index is 1260. The van der Waals surface area contributed by atoms with Gasteiger partial charge in [0.15, 0.2) is 14.6 Å². The van der Waals surface area contributed by atoms with Crippen molar-refractivity contribution in [1.29, 1.82) is 0 Å². The molecule has 0 bridgehead atoms. The van der Waals surface area contributed by atoms with Crippen LogP contribution < -0.4 is 9.54 Å². The molecule has 0 saturated carbocycles. The normalized spacial score (nSPS) is 12.1. The number of rotatable bonds is 5. The number of aromatic nitrogens is 1. The van der Waals surface area contributed by atoms with Crippen LogP contribution in [0.2, 0.25) is 0 Å². The van der Waals surface area contributed by atoms with Crippen molar-refractivity contribution in [3.05, 3.63) is 52.8 Å². The molecule has 0 N–H and O–H groups in total. The average molecular weight is 415 g/mol. The minimum atomic E-state index is -3.33. The van der Waals surface area contributed by atoms with Gasteiger partial charge < -0.3 is 9.30 Å². The number of fused-ring (bicyclic) bond motifs is 1. The molecular formula is C20H18N2O4S2. The van der Waals surface area contributed by atoms with Gasteiger partial charge in [0.1, 0.15) is 5.75 Å². The van der Waals surface area contributed by atoms with Crippen LogP contribution in [-0.2, 0) is 27.6 Å². The van der Waals surface area contributed by atoms with Crippen LogP contribution in [0.3, 0.4) is 0 Å². The van der Waals surface area contributed by atoms with Gasteiger partial charge in [-0.1, -0.05) is 29.4 Å². The molecule has 0 spiro atoms. The third-order valence-electron chi connectivity index (χ3n) is 4.04. The van der Waals surface area contributed by atoms with Crippen LogP contribution in [0.15, 0.2) is 52.4 Å². The van der Waals surface area contributed by atoms with Crippen LogP contribution in [0.25, 0.3) is 10.2 Å². The van der Waals surface area contributed by atoms with Crippen molar-refractivity contribution in [2.75, 3.05) is 13.4 Å². The van der Waals surface area contributed by atoms with Crippen molar-refractivity contribution in [2.45, 2.75) is 17.9 Å². The van der Waals surface area contributed by atoms with E-state index >= 15 is 0 Å². The summed E-state index contributed by atoms with van der Waals surface area (Å²) in [5, 5.41) is 0. The molecule has 1 heterocycles. The van der Waals surface area contributed by atoms with Crippen molar-refractivity contribution in [3.63, 3.8) is 0 Å².